The second kappa shape index (κ2) is 7.45. The van der Waals surface area contributed by atoms with Crippen molar-refractivity contribution in [1.29, 1.82) is 0 Å². The molecule has 0 aliphatic rings. The average molecular weight is 193 g/mol. The van der Waals surface area contributed by atoms with Gasteiger partial charge in [-0.1, -0.05) is 9.39 Å². The first-order valence-electron chi connectivity index (χ1n) is 1.74. The molecule has 0 rings (SSSR count). The third-order valence-corrected chi connectivity index (χ3v) is 0.657. The van der Waals surface area contributed by atoms with Crippen LogP contribution in [0, 0.1) is 7.05 Å². The Morgan fingerprint density at radius 1 is 1.71 bits per heavy atom. The van der Waals surface area contributed by atoms with Gasteiger partial charge in [0, 0.05) is 32.7 Å². The Bertz CT molecular complexity index is 34.1. The molecule has 0 fully saturated rings. The van der Waals surface area contributed by atoms with E-state index in [-0.39, 0.29) is 32.7 Å². The van der Waals surface area contributed by atoms with Crippen LogP contribution in [0.3, 0.4) is 0 Å². The summed E-state index contributed by atoms with van der Waals surface area (Å²) in [6.07, 6.45) is 0. The van der Waals surface area contributed by atoms with E-state index in [0.717, 1.165) is 6.54 Å². The molecule has 2 nitrogen and oxygen atoms in total. The Labute approximate surface area is 72.3 Å². The predicted octanol–water partition coefficient (Wildman–Crippen LogP) is 0.920. The van der Waals surface area contributed by atoms with Crippen LogP contribution in [0.1, 0.15) is 0 Å². The maximum absolute atomic E-state index is 6.64. The third-order valence-electron chi connectivity index (χ3n) is 0.399. The van der Waals surface area contributed by atoms with E-state index in [2.05, 4.69) is 16.4 Å². The predicted molar refractivity (Wildman–Crippen MR) is 31.0 cm³/mol. The van der Waals surface area contributed by atoms with Gasteiger partial charge in [-0.3, -0.25) is 7.05 Å². The summed E-state index contributed by atoms with van der Waals surface area (Å²) in [6, 6.07) is 0. The Hall–Kier alpha value is 1.45. The van der Waals surface area contributed by atoms with Gasteiger partial charge in [0.15, 0.2) is 0 Å². The van der Waals surface area contributed by atoms with E-state index in [4.69, 9.17) is 5.73 Å². The average Bonchev–Trinajstić information content (AvgIpc) is 1.35. The molecular weight excluding hydrogens is 184 g/mol. The van der Waals surface area contributed by atoms with Gasteiger partial charge >= 0.3 is 0 Å². The van der Waals surface area contributed by atoms with Crippen molar-refractivity contribution in [2.24, 2.45) is 0 Å². The molecule has 1 atom stereocenters. The number of nitrogens with one attached hydrogen (secondary N) is 1. The fourth-order valence-corrected chi connectivity index (χ4v) is 0.273. The Kier molecular flexibility index (Phi) is 12.0. The van der Waals surface area contributed by atoms with Crippen LogP contribution >= 0.6 is 9.39 Å². The topological polar surface area (TPSA) is 27.0 Å². The number of hydrogen-bond acceptors (Lipinski definition) is 1. The van der Waals surface area contributed by atoms with Gasteiger partial charge in [-0.2, -0.15) is 0 Å². The van der Waals surface area contributed by atoms with Gasteiger partial charge in [-0.05, 0) is 6.54 Å². The molecule has 0 aliphatic carbocycles. The minimum atomic E-state index is 0. The zero-order valence-corrected chi connectivity index (χ0v) is 8.22. The summed E-state index contributed by atoms with van der Waals surface area (Å²) in [5.41, 5.74) is 6.64. The molecule has 0 amide bonds. The SMILES string of the molecule is [CH2-]N(P)CC[NH-].[Y]. The van der Waals surface area contributed by atoms with E-state index < -0.39 is 0 Å². The molecular formula is C3H9N2PY-2. The molecule has 0 heterocycles. The van der Waals surface area contributed by atoms with E-state index in [1.807, 2.05) is 0 Å². The second-order valence-corrected chi connectivity index (χ2v) is 1.79. The van der Waals surface area contributed by atoms with Gasteiger partial charge in [-0.15, -0.1) is 6.54 Å². The molecule has 0 bridgehead atoms. The van der Waals surface area contributed by atoms with Crippen molar-refractivity contribution < 1.29 is 32.7 Å². The van der Waals surface area contributed by atoms with Crippen LogP contribution < -0.4 is 0 Å². The van der Waals surface area contributed by atoms with Crippen LogP contribution in [0.4, 0.5) is 0 Å². The van der Waals surface area contributed by atoms with Crippen LogP contribution in [0.5, 0.6) is 0 Å². The van der Waals surface area contributed by atoms with Crippen molar-refractivity contribution in [2.45, 2.75) is 0 Å². The van der Waals surface area contributed by atoms with E-state index in [1.54, 1.807) is 4.67 Å². The van der Waals surface area contributed by atoms with Gasteiger partial charge in [0.05, 0.1) is 0 Å². The number of hydrogen-bond donors (Lipinski definition) is 0. The molecule has 0 aromatic heterocycles. The monoisotopic (exact) mass is 193 g/mol. The van der Waals surface area contributed by atoms with E-state index in [1.165, 1.54) is 0 Å². The van der Waals surface area contributed by atoms with Crippen molar-refractivity contribution in [1.82, 2.24) is 4.67 Å². The van der Waals surface area contributed by atoms with Crippen molar-refractivity contribution >= 4 is 9.39 Å². The maximum atomic E-state index is 6.64. The van der Waals surface area contributed by atoms with Crippen LogP contribution in [0.15, 0.2) is 0 Å². The first kappa shape index (κ1) is 11.3. The minimum absolute atomic E-state index is 0. The third kappa shape index (κ3) is 11.2. The Morgan fingerprint density at radius 3 is 2.14 bits per heavy atom. The smallest absolute Gasteiger partial charge is 0 e. The largest absolute Gasteiger partial charge is 0.676 e. The van der Waals surface area contributed by atoms with Crippen LogP contribution in [0.2, 0.25) is 0 Å². The van der Waals surface area contributed by atoms with Gasteiger partial charge in [-0.25, -0.2) is 0 Å². The normalized spacial score (nSPS) is 8.57. The molecule has 1 unspecified atom stereocenters. The van der Waals surface area contributed by atoms with Crippen molar-refractivity contribution in [3.63, 3.8) is 0 Å². The van der Waals surface area contributed by atoms with E-state index in [0.29, 0.717) is 6.54 Å². The molecule has 4 heteroatoms. The van der Waals surface area contributed by atoms with Crippen molar-refractivity contribution in [3.8, 4) is 0 Å². The van der Waals surface area contributed by atoms with Gasteiger partial charge < -0.3 is 10.4 Å². The fourth-order valence-electron chi connectivity index (χ4n) is 0.144. The van der Waals surface area contributed by atoms with Crippen LogP contribution in [-0.2, 0) is 32.7 Å². The summed E-state index contributed by atoms with van der Waals surface area (Å²) >= 11 is 0. The van der Waals surface area contributed by atoms with Crippen molar-refractivity contribution in [2.75, 3.05) is 13.1 Å². The molecule has 1 radical (unpaired) electrons. The first-order chi connectivity index (χ1) is 2.77. The summed E-state index contributed by atoms with van der Waals surface area (Å²) in [5, 5.41) is 0. The Balaban J connectivity index is 0. The molecule has 7 heavy (non-hydrogen) atoms. The van der Waals surface area contributed by atoms with Crippen molar-refractivity contribution in [3.05, 3.63) is 12.8 Å². The quantitative estimate of drug-likeness (QED) is 0.473. The fraction of sp³-hybridized carbons (Fsp3) is 0.667. The standard InChI is InChI=1S/C3H9N2P.Y/c1-5(6)3-2-4;/h4H,1-3,6H2;/q-2;. The number of rotatable bonds is 2. The molecule has 41 valence electrons. The molecule has 0 saturated heterocycles. The molecule has 1 N–H and O–H groups in total. The second-order valence-electron chi connectivity index (χ2n) is 1.06. The minimum Gasteiger partial charge on any atom is -0.676 e. The summed E-state index contributed by atoms with van der Waals surface area (Å²) in [6.45, 7) is 1.15. The zero-order chi connectivity index (χ0) is 4.99. The molecule has 0 aromatic carbocycles. The molecule has 0 aliphatic heterocycles. The molecule has 0 spiro atoms. The summed E-state index contributed by atoms with van der Waals surface area (Å²) in [5.74, 6) is 0. The summed E-state index contributed by atoms with van der Waals surface area (Å²) < 4.78 is 1.66. The van der Waals surface area contributed by atoms with Gasteiger partial charge in [0.25, 0.3) is 0 Å². The van der Waals surface area contributed by atoms with E-state index in [9.17, 15) is 0 Å². The Morgan fingerprint density at radius 2 is 2.14 bits per heavy atom. The van der Waals surface area contributed by atoms with Crippen LogP contribution in [0.25, 0.3) is 5.73 Å². The van der Waals surface area contributed by atoms with Gasteiger partial charge in [0.2, 0.25) is 0 Å². The first-order valence-corrected chi connectivity index (χ1v) is 2.26. The maximum Gasteiger partial charge on any atom is 0 e. The molecule has 0 saturated carbocycles. The van der Waals surface area contributed by atoms with E-state index >= 15 is 0 Å². The van der Waals surface area contributed by atoms with Gasteiger partial charge in [0.1, 0.15) is 0 Å². The van der Waals surface area contributed by atoms with Crippen LogP contribution in [-0.4, -0.2) is 17.8 Å². The summed E-state index contributed by atoms with van der Waals surface area (Å²) in [4.78, 5) is 0. The molecule has 0 aromatic rings. The summed E-state index contributed by atoms with van der Waals surface area (Å²) in [7, 11) is 5.89. The zero-order valence-electron chi connectivity index (χ0n) is 4.22. The number of nitrogens with zero attached hydrogens (tertiary/aromatic N) is 1.